The number of nitrogens with zero attached hydrogens (tertiary/aromatic N) is 3. The van der Waals surface area contributed by atoms with Crippen molar-refractivity contribution in [3.8, 4) is 0 Å². The van der Waals surface area contributed by atoms with E-state index >= 15 is 0 Å². The van der Waals surface area contributed by atoms with Crippen molar-refractivity contribution in [2.75, 3.05) is 32.2 Å². The van der Waals surface area contributed by atoms with Gasteiger partial charge < -0.3 is 14.5 Å². The second kappa shape index (κ2) is 10.2. The zero-order valence-corrected chi connectivity index (χ0v) is 15.6. The molecule has 8 heteroatoms. The zero-order chi connectivity index (χ0) is 19.6. The molecule has 1 aromatic heterocycles. The molecule has 1 aromatic carbocycles. The van der Waals surface area contributed by atoms with Gasteiger partial charge in [0.05, 0.1) is 24.4 Å². The van der Waals surface area contributed by atoms with E-state index in [9.17, 15) is 9.59 Å². The number of carbonyl (C=O) groups excluding carboxylic acids is 2. The number of nitrogens with one attached hydrogen (secondary N) is 1. The fourth-order valence-electron chi connectivity index (χ4n) is 2.68. The molecule has 8 nitrogen and oxygen atoms in total. The van der Waals surface area contributed by atoms with Crippen LogP contribution in [0.25, 0.3) is 0 Å². The monoisotopic (exact) mass is 371 g/mol. The van der Waals surface area contributed by atoms with Crippen molar-refractivity contribution in [3.63, 3.8) is 0 Å². The lowest BCUT2D eigenvalue weighted by molar-refractivity contribution is -0.119. The van der Waals surface area contributed by atoms with Crippen LogP contribution in [0, 0.1) is 0 Å². The molecule has 0 aliphatic carbocycles. The molecule has 0 bridgehead atoms. The maximum atomic E-state index is 11.5. The van der Waals surface area contributed by atoms with Crippen LogP contribution in [0.15, 0.2) is 42.6 Å². The van der Waals surface area contributed by atoms with Crippen LogP contribution in [-0.2, 0) is 22.6 Å². The van der Waals surface area contributed by atoms with E-state index in [1.807, 2.05) is 31.3 Å². The Balaban J connectivity index is 2.10. The van der Waals surface area contributed by atoms with Gasteiger partial charge in [0.1, 0.15) is 0 Å². The Hall–Kier alpha value is -2.97. The number of hydrogen-bond donors (Lipinski definition) is 2. The minimum absolute atomic E-state index is 0.377. The van der Waals surface area contributed by atoms with Crippen molar-refractivity contribution in [2.45, 2.75) is 13.1 Å². The molecule has 0 atom stereocenters. The highest BCUT2D eigenvalue weighted by molar-refractivity contribution is 5.93. The summed E-state index contributed by atoms with van der Waals surface area (Å²) in [5.74, 6) is 4.75. The fraction of sp³-hybridized carbons (Fsp3) is 0.316. The quantitative estimate of drug-likeness (QED) is 0.279. The summed E-state index contributed by atoms with van der Waals surface area (Å²) in [6.45, 7) is 2.07. The number of hydrogen-bond acceptors (Lipinski definition) is 6. The number of ether oxygens (including phenoxy) is 1. The Morgan fingerprint density at radius 2 is 2.04 bits per heavy atom. The van der Waals surface area contributed by atoms with Crippen LogP contribution in [-0.4, -0.2) is 49.5 Å². The summed E-state index contributed by atoms with van der Waals surface area (Å²) < 4.78 is 5.05. The number of pyridine rings is 1. The summed E-state index contributed by atoms with van der Waals surface area (Å²) in [5.41, 5.74) is 5.34. The van der Waals surface area contributed by atoms with Gasteiger partial charge in [0.15, 0.2) is 0 Å². The van der Waals surface area contributed by atoms with Gasteiger partial charge in [-0.05, 0) is 23.8 Å². The van der Waals surface area contributed by atoms with Gasteiger partial charge in [0.25, 0.3) is 5.91 Å². The molecule has 27 heavy (non-hydrogen) atoms. The van der Waals surface area contributed by atoms with E-state index in [-0.39, 0.29) is 5.91 Å². The first-order chi connectivity index (χ1) is 13.1. The first kappa shape index (κ1) is 20.3. The number of anilines is 1. The Morgan fingerprint density at radius 1 is 1.26 bits per heavy atom. The summed E-state index contributed by atoms with van der Waals surface area (Å²) in [4.78, 5) is 30.8. The van der Waals surface area contributed by atoms with E-state index in [1.165, 1.54) is 6.20 Å². The molecule has 0 unspecified atom stereocenters. The van der Waals surface area contributed by atoms with Gasteiger partial charge in [-0.1, -0.05) is 18.2 Å². The summed E-state index contributed by atoms with van der Waals surface area (Å²) in [6.07, 6.45) is 2.33. The standard InChI is InChI=1S/C19H25N5O3/c1-23(13-17-8-7-15(11-21-17)19(26)22-20)18-6-4-3-5-16(18)12-24(14-25)9-10-27-2/h3-8,11,14H,9-10,12-13,20H2,1-2H3,(H,22,26). The number of carbonyl (C=O) groups is 2. The van der Waals surface area contributed by atoms with Crippen LogP contribution < -0.4 is 16.2 Å². The Bertz CT molecular complexity index is 751. The highest BCUT2D eigenvalue weighted by Crippen LogP contribution is 2.22. The molecule has 2 amide bonds. The smallest absolute Gasteiger partial charge is 0.266 e. The number of aromatic nitrogens is 1. The molecule has 0 saturated carbocycles. The molecule has 1 heterocycles. The summed E-state index contributed by atoms with van der Waals surface area (Å²) >= 11 is 0. The second-order valence-electron chi connectivity index (χ2n) is 6.07. The number of hydrazine groups is 1. The van der Waals surface area contributed by atoms with Crippen LogP contribution in [0.4, 0.5) is 5.69 Å². The predicted octanol–water partition coefficient (Wildman–Crippen LogP) is 0.926. The minimum atomic E-state index is -0.377. The molecule has 3 N–H and O–H groups in total. The normalized spacial score (nSPS) is 10.3. The van der Waals surface area contributed by atoms with Crippen LogP contribution in [0.5, 0.6) is 0 Å². The van der Waals surface area contributed by atoms with Gasteiger partial charge in [-0.3, -0.25) is 20.0 Å². The maximum Gasteiger partial charge on any atom is 0.266 e. The lowest BCUT2D eigenvalue weighted by Crippen LogP contribution is -2.30. The number of amides is 2. The van der Waals surface area contributed by atoms with Crippen LogP contribution >= 0.6 is 0 Å². The van der Waals surface area contributed by atoms with Crippen molar-refractivity contribution in [3.05, 3.63) is 59.4 Å². The van der Waals surface area contributed by atoms with E-state index in [0.717, 1.165) is 23.4 Å². The molecule has 0 aliphatic rings. The maximum absolute atomic E-state index is 11.5. The van der Waals surface area contributed by atoms with Crippen molar-refractivity contribution >= 4 is 18.0 Å². The van der Waals surface area contributed by atoms with Crippen molar-refractivity contribution < 1.29 is 14.3 Å². The number of benzene rings is 1. The lowest BCUT2D eigenvalue weighted by atomic mass is 10.1. The van der Waals surface area contributed by atoms with Crippen LogP contribution in [0.1, 0.15) is 21.6 Å². The number of para-hydroxylation sites is 1. The summed E-state index contributed by atoms with van der Waals surface area (Å²) in [7, 11) is 3.57. The fourth-order valence-corrected chi connectivity index (χ4v) is 2.68. The van der Waals surface area contributed by atoms with E-state index in [1.54, 1.807) is 24.1 Å². The van der Waals surface area contributed by atoms with E-state index in [2.05, 4.69) is 15.3 Å². The van der Waals surface area contributed by atoms with Gasteiger partial charge in [-0.25, -0.2) is 5.84 Å². The van der Waals surface area contributed by atoms with Crippen molar-refractivity contribution in [2.24, 2.45) is 5.84 Å². The largest absolute Gasteiger partial charge is 0.383 e. The molecule has 2 aromatic rings. The lowest BCUT2D eigenvalue weighted by Gasteiger charge is -2.25. The molecule has 0 aliphatic heterocycles. The molecule has 2 rings (SSSR count). The Kier molecular flexibility index (Phi) is 7.72. The van der Waals surface area contributed by atoms with Gasteiger partial charge in [-0.15, -0.1) is 0 Å². The highest BCUT2D eigenvalue weighted by atomic mass is 16.5. The van der Waals surface area contributed by atoms with Crippen molar-refractivity contribution in [1.29, 1.82) is 0 Å². The number of rotatable bonds is 10. The van der Waals surface area contributed by atoms with E-state index < -0.39 is 0 Å². The van der Waals surface area contributed by atoms with E-state index in [0.29, 0.717) is 31.8 Å². The molecular formula is C19H25N5O3. The van der Waals surface area contributed by atoms with Crippen LogP contribution in [0.2, 0.25) is 0 Å². The minimum Gasteiger partial charge on any atom is -0.383 e. The van der Waals surface area contributed by atoms with E-state index in [4.69, 9.17) is 10.6 Å². The average molecular weight is 371 g/mol. The summed E-state index contributed by atoms with van der Waals surface area (Å²) in [6, 6.07) is 11.4. The first-order valence-corrected chi connectivity index (χ1v) is 8.52. The number of nitrogen functional groups attached to an aromatic ring is 1. The van der Waals surface area contributed by atoms with Gasteiger partial charge in [-0.2, -0.15) is 0 Å². The topological polar surface area (TPSA) is 101 Å². The first-order valence-electron chi connectivity index (χ1n) is 8.52. The average Bonchev–Trinajstić information content (AvgIpc) is 2.71. The SMILES string of the molecule is COCCN(C=O)Cc1ccccc1N(C)Cc1ccc(C(=O)NN)cn1. The van der Waals surface area contributed by atoms with Crippen molar-refractivity contribution in [1.82, 2.24) is 15.3 Å². The van der Waals surface area contributed by atoms with Gasteiger partial charge in [0.2, 0.25) is 6.41 Å². The third kappa shape index (κ3) is 5.77. The molecule has 144 valence electrons. The number of methoxy groups -OCH3 is 1. The molecule has 0 spiro atoms. The second-order valence-corrected chi connectivity index (χ2v) is 6.07. The zero-order valence-electron chi connectivity index (χ0n) is 15.6. The molecular weight excluding hydrogens is 346 g/mol. The third-order valence-electron chi connectivity index (χ3n) is 4.13. The molecule has 0 radical (unpaired) electrons. The van der Waals surface area contributed by atoms with Gasteiger partial charge in [0, 0.05) is 39.1 Å². The predicted molar refractivity (Wildman–Crippen MR) is 103 cm³/mol. The van der Waals surface area contributed by atoms with Crippen LogP contribution in [0.3, 0.4) is 0 Å². The number of nitrogens with two attached hydrogens (primary N) is 1. The Morgan fingerprint density at radius 3 is 2.67 bits per heavy atom. The highest BCUT2D eigenvalue weighted by Gasteiger charge is 2.12. The molecule has 0 saturated heterocycles. The summed E-state index contributed by atoms with van der Waals surface area (Å²) in [5, 5.41) is 0. The molecule has 0 fully saturated rings. The third-order valence-corrected chi connectivity index (χ3v) is 4.13. The van der Waals surface area contributed by atoms with Gasteiger partial charge >= 0.3 is 0 Å². The Labute approximate surface area is 158 Å².